The quantitative estimate of drug-likeness (QED) is 0.502. The van der Waals surface area contributed by atoms with Gasteiger partial charge in [-0.25, -0.2) is 4.39 Å². The third kappa shape index (κ3) is 1.68. The van der Waals surface area contributed by atoms with E-state index in [-0.39, 0.29) is 5.82 Å². The molecule has 2 nitrogen and oxygen atoms in total. The Morgan fingerprint density at radius 2 is 2.27 bits per heavy atom. The molecule has 0 bridgehead atoms. The summed E-state index contributed by atoms with van der Waals surface area (Å²) >= 11 is 0. The van der Waals surface area contributed by atoms with E-state index in [4.69, 9.17) is 5.84 Å². The molecular weight excluding hydrogens is 143 g/mol. The first kappa shape index (κ1) is 8.01. The summed E-state index contributed by atoms with van der Waals surface area (Å²) in [6.07, 6.45) is 0.775. The molecule has 0 radical (unpaired) electrons. The summed E-state index contributed by atoms with van der Waals surface area (Å²) in [5.74, 6) is 4.98. The number of nitrogen functional groups attached to an aromatic ring is 1. The van der Waals surface area contributed by atoms with Gasteiger partial charge < -0.3 is 5.43 Å². The Kier molecular flexibility index (Phi) is 2.44. The Hall–Kier alpha value is -1.09. The number of hydrogen-bond donors (Lipinski definition) is 2. The second kappa shape index (κ2) is 3.34. The van der Waals surface area contributed by atoms with Crippen molar-refractivity contribution in [2.24, 2.45) is 5.84 Å². The zero-order valence-electron chi connectivity index (χ0n) is 6.39. The van der Waals surface area contributed by atoms with Gasteiger partial charge in [0.15, 0.2) is 0 Å². The van der Waals surface area contributed by atoms with E-state index in [0.29, 0.717) is 0 Å². The minimum atomic E-state index is -0.221. The molecule has 0 aliphatic carbocycles. The van der Waals surface area contributed by atoms with Gasteiger partial charge in [-0.1, -0.05) is 6.92 Å². The molecule has 60 valence electrons. The molecule has 1 rings (SSSR count). The summed E-state index contributed by atoms with van der Waals surface area (Å²) < 4.78 is 12.6. The number of benzene rings is 1. The molecule has 0 saturated carbocycles. The van der Waals surface area contributed by atoms with Crippen LogP contribution in [0, 0.1) is 5.82 Å². The first-order chi connectivity index (χ1) is 5.27. The third-order valence-corrected chi connectivity index (χ3v) is 1.60. The standard InChI is InChI=1S/C8H11FN2/c1-2-6-5-7(9)3-4-8(6)11-10/h3-5,11H,2,10H2,1H3. The molecule has 0 spiro atoms. The highest BCUT2D eigenvalue weighted by molar-refractivity contribution is 5.50. The molecule has 0 fully saturated rings. The maximum absolute atomic E-state index is 12.6. The Balaban J connectivity index is 3.06. The lowest BCUT2D eigenvalue weighted by Crippen LogP contribution is -2.08. The van der Waals surface area contributed by atoms with Crippen molar-refractivity contribution >= 4 is 5.69 Å². The lowest BCUT2D eigenvalue weighted by molar-refractivity contribution is 0.626. The predicted molar refractivity (Wildman–Crippen MR) is 43.6 cm³/mol. The highest BCUT2D eigenvalue weighted by atomic mass is 19.1. The lowest BCUT2D eigenvalue weighted by atomic mass is 10.1. The zero-order chi connectivity index (χ0) is 8.27. The number of aryl methyl sites for hydroxylation is 1. The molecule has 0 aliphatic heterocycles. The Morgan fingerprint density at radius 1 is 1.55 bits per heavy atom. The number of halogens is 1. The van der Waals surface area contributed by atoms with Gasteiger partial charge in [-0.3, -0.25) is 5.84 Å². The van der Waals surface area contributed by atoms with Crippen molar-refractivity contribution in [2.75, 3.05) is 5.43 Å². The summed E-state index contributed by atoms with van der Waals surface area (Å²) in [5, 5.41) is 0. The Labute approximate surface area is 65.2 Å². The average Bonchev–Trinajstić information content (AvgIpc) is 2.04. The fourth-order valence-electron chi connectivity index (χ4n) is 0.996. The number of rotatable bonds is 2. The highest BCUT2D eigenvalue weighted by Gasteiger charge is 1.99. The van der Waals surface area contributed by atoms with Crippen LogP contribution in [0.25, 0.3) is 0 Å². The molecule has 11 heavy (non-hydrogen) atoms. The summed E-state index contributed by atoms with van der Waals surface area (Å²) in [5.41, 5.74) is 4.19. The van der Waals surface area contributed by atoms with Crippen LogP contribution in [0.5, 0.6) is 0 Å². The van der Waals surface area contributed by atoms with Crippen molar-refractivity contribution in [3.8, 4) is 0 Å². The van der Waals surface area contributed by atoms with Crippen molar-refractivity contribution in [3.63, 3.8) is 0 Å². The summed E-state index contributed by atoms with van der Waals surface area (Å²) in [6, 6.07) is 4.50. The number of hydrogen-bond acceptors (Lipinski definition) is 2. The molecule has 0 saturated heterocycles. The number of nitrogens with one attached hydrogen (secondary N) is 1. The van der Waals surface area contributed by atoms with E-state index < -0.39 is 0 Å². The molecular formula is C8H11FN2. The largest absolute Gasteiger partial charge is 0.324 e. The molecule has 1 aromatic carbocycles. The van der Waals surface area contributed by atoms with Gasteiger partial charge in [0, 0.05) is 0 Å². The SMILES string of the molecule is CCc1cc(F)ccc1NN. The van der Waals surface area contributed by atoms with E-state index in [1.54, 1.807) is 6.07 Å². The first-order valence-corrected chi connectivity index (χ1v) is 3.53. The van der Waals surface area contributed by atoms with Gasteiger partial charge in [0.05, 0.1) is 5.69 Å². The second-order valence-electron chi connectivity index (χ2n) is 2.30. The monoisotopic (exact) mass is 154 g/mol. The molecule has 0 aromatic heterocycles. The van der Waals surface area contributed by atoms with Crippen LogP contribution in [0.1, 0.15) is 12.5 Å². The third-order valence-electron chi connectivity index (χ3n) is 1.60. The van der Waals surface area contributed by atoms with E-state index in [0.717, 1.165) is 17.7 Å². The Morgan fingerprint density at radius 3 is 2.82 bits per heavy atom. The maximum Gasteiger partial charge on any atom is 0.123 e. The predicted octanol–water partition coefficient (Wildman–Crippen LogP) is 1.67. The Bertz CT molecular complexity index is 248. The van der Waals surface area contributed by atoms with Crippen LogP contribution in [0.3, 0.4) is 0 Å². The van der Waals surface area contributed by atoms with Crippen LogP contribution >= 0.6 is 0 Å². The van der Waals surface area contributed by atoms with Gasteiger partial charge in [-0.2, -0.15) is 0 Å². The minimum Gasteiger partial charge on any atom is -0.324 e. The fourth-order valence-corrected chi connectivity index (χ4v) is 0.996. The molecule has 0 unspecified atom stereocenters. The van der Waals surface area contributed by atoms with Crippen LogP contribution in [-0.4, -0.2) is 0 Å². The van der Waals surface area contributed by atoms with Gasteiger partial charge in [-0.15, -0.1) is 0 Å². The van der Waals surface area contributed by atoms with Crippen LogP contribution in [0.15, 0.2) is 18.2 Å². The molecule has 1 aromatic rings. The van der Waals surface area contributed by atoms with Crippen molar-refractivity contribution in [1.29, 1.82) is 0 Å². The topological polar surface area (TPSA) is 38.0 Å². The van der Waals surface area contributed by atoms with Crippen LogP contribution in [0.4, 0.5) is 10.1 Å². The van der Waals surface area contributed by atoms with Crippen molar-refractivity contribution < 1.29 is 4.39 Å². The van der Waals surface area contributed by atoms with Gasteiger partial charge in [0.25, 0.3) is 0 Å². The highest BCUT2D eigenvalue weighted by Crippen LogP contribution is 2.15. The summed E-state index contributed by atoms with van der Waals surface area (Å²) in [7, 11) is 0. The maximum atomic E-state index is 12.6. The minimum absolute atomic E-state index is 0.221. The van der Waals surface area contributed by atoms with E-state index in [1.807, 2.05) is 6.92 Å². The smallest absolute Gasteiger partial charge is 0.123 e. The van der Waals surface area contributed by atoms with E-state index in [9.17, 15) is 4.39 Å². The summed E-state index contributed by atoms with van der Waals surface area (Å²) in [4.78, 5) is 0. The molecule has 3 N–H and O–H groups in total. The lowest BCUT2D eigenvalue weighted by Gasteiger charge is -2.05. The van der Waals surface area contributed by atoms with Crippen LogP contribution in [0.2, 0.25) is 0 Å². The van der Waals surface area contributed by atoms with Gasteiger partial charge >= 0.3 is 0 Å². The number of anilines is 1. The zero-order valence-corrected chi connectivity index (χ0v) is 6.39. The molecule has 0 amide bonds. The van der Waals surface area contributed by atoms with Crippen molar-refractivity contribution in [2.45, 2.75) is 13.3 Å². The average molecular weight is 154 g/mol. The molecule has 0 atom stereocenters. The summed E-state index contributed by atoms with van der Waals surface area (Å²) in [6.45, 7) is 1.95. The second-order valence-corrected chi connectivity index (χ2v) is 2.30. The molecule has 0 aliphatic rings. The van der Waals surface area contributed by atoms with Gasteiger partial charge in [0.2, 0.25) is 0 Å². The van der Waals surface area contributed by atoms with Gasteiger partial charge in [-0.05, 0) is 30.2 Å². The van der Waals surface area contributed by atoms with Crippen molar-refractivity contribution in [1.82, 2.24) is 0 Å². The normalized spacial score (nSPS) is 9.73. The molecule has 0 heterocycles. The van der Waals surface area contributed by atoms with E-state index in [2.05, 4.69) is 5.43 Å². The van der Waals surface area contributed by atoms with E-state index in [1.165, 1.54) is 12.1 Å². The molecule has 3 heteroatoms. The van der Waals surface area contributed by atoms with Crippen molar-refractivity contribution in [3.05, 3.63) is 29.6 Å². The fraction of sp³-hybridized carbons (Fsp3) is 0.250. The number of nitrogens with two attached hydrogens (primary N) is 1. The first-order valence-electron chi connectivity index (χ1n) is 3.53. The van der Waals surface area contributed by atoms with Crippen LogP contribution < -0.4 is 11.3 Å². The van der Waals surface area contributed by atoms with Gasteiger partial charge in [0.1, 0.15) is 5.82 Å². The van der Waals surface area contributed by atoms with E-state index >= 15 is 0 Å². The van der Waals surface area contributed by atoms with Crippen LogP contribution in [-0.2, 0) is 6.42 Å². The number of hydrazine groups is 1.